The number of fused-ring (bicyclic) bond motifs is 2. The third kappa shape index (κ3) is 9.81. The molecule has 14 heteroatoms. The summed E-state index contributed by atoms with van der Waals surface area (Å²) in [5, 5.41) is 33.7. The fourth-order valence-electron chi connectivity index (χ4n) is 8.74. The van der Waals surface area contributed by atoms with E-state index in [1.54, 1.807) is 42.2 Å². The van der Waals surface area contributed by atoms with E-state index in [-0.39, 0.29) is 77.0 Å². The Morgan fingerprint density at radius 3 is 2.46 bits per heavy atom. The second-order valence-electron chi connectivity index (χ2n) is 14.3. The minimum atomic E-state index is -1.48. The van der Waals surface area contributed by atoms with Crippen molar-refractivity contribution in [2.24, 2.45) is 22.9 Å². The Kier molecular flexibility index (Phi) is 16.3. The number of amides is 1. The molecular formula is C43H58N2O12. The van der Waals surface area contributed by atoms with Gasteiger partial charge in [-0.05, 0) is 86.4 Å². The topological polar surface area (TPSA) is 175 Å². The quantitative estimate of drug-likeness (QED) is 0.0517. The minimum Gasteiger partial charge on any atom is -0.496 e. The van der Waals surface area contributed by atoms with Crippen molar-refractivity contribution in [1.82, 2.24) is 4.90 Å². The van der Waals surface area contributed by atoms with Gasteiger partial charge in [0.25, 0.3) is 0 Å². The molecule has 2 aromatic rings. The van der Waals surface area contributed by atoms with Gasteiger partial charge in [-0.25, -0.2) is 4.79 Å². The number of aliphatic hydroxyl groups excluding tert-OH is 3. The molecule has 3 aliphatic rings. The molecular weight excluding hydrogens is 736 g/mol. The Hall–Kier alpha value is -4.47. The van der Waals surface area contributed by atoms with Crippen LogP contribution in [0.3, 0.4) is 0 Å². The number of aliphatic hydroxyl groups is 3. The maximum absolute atomic E-state index is 14.0. The van der Waals surface area contributed by atoms with Crippen LogP contribution in [0.15, 0.2) is 65.9 Å². The SMILES string of the molecule is C=CCOC12Oc3ccc(Oc4ccc(OC)c(C=O)c4)cc3C3C(CCCCO)C(CCCCO)C=C(C(=NOC)CC1N(CCOCCO)C(=O)OCC)C32. The van der Waals surface area contributed by atoms with Crippen molar-refractivity contribution in [3.63, 3.8) is 0 Å². The van der Waals surface area contributed by atoms with Crippen LogP contribution < -0.4 is 14.2 Å². The highest BCUT2D eigenvalue weighted by molar-refractivity contribution is 6.03. The first-order valence-corrected chi connectivity index (χ1v) is 19.9. The Labute approximate surface area is 335 Å². The highest BCUT2D eigenvalue weighted by Gasteiger charge is 2.65. The number of hydrogen-bond donors (Lipinski definition) is 3. The predicted octanol–water partition coefficient (Wildman–Crippen LogP) is 6.03. The maximum atomic E-state index is 14.0. The second-order valence-corrected chi connectivity index (χ2v) is 14.3. The molecule has 1 amide bonds. The van der Waals surface area contributed by atoms with Gasteiger partial charge in [0.2, 0.25) is 5.79 Å². The number of allylic oxidation sites excluding steroid dienone is 1. The van der Waals surface area contributed by atoms with Crippen LogP contribution in [0.5, 0.6) is 23.0 Å². The van der Waals surface area contributed by atoms with Crippen LogP contribution in [0.4, 0.5) is 4.79 Å². The molecule has 14 nitrogen and oxygen atoms in total. The number of methoxy groups -OCH3 is 1. The molecule has 6 unspecified atom stereocenters. The second kappa shape index (κ2) is 21.3. The summed E-state index contributed by atoms with van der Waals surface area (Å²) in [6.07, 6.45) is 8.64. The van der Waals surface area contributed by atoms with Crippen molar-refractivity contribution < 1.29 is 58.2 Å². The van der Waals surface area contributed by atoms with Gasteiger partial charge in [-0.1, -0.05) is 30.1 Å². The number of aldehydes is 1. The number of carbonyl (C=O) groups excluding carboxylic acids is 2. The van der Waals surface area contributed by atoms with Crippen LogP contribution in [0.1, 0.15) is 73.7 Å². The monoisotopic (exact) mass is 794 g/mol. The normalized spacial score (nSPS) is 24.0. The molecule has 1 fully saturated rings. The van der Waals surface area contributed by atoms with E-state index < -0.39 is 23.8 Å². The lowest BCUT2D eigenvalue weighted by atomic mass is 9.55. The van der Waals surface area contributed by atoms with E-state index in [4.69, 9.17) is 33.3 Å². The molecule has 3 N–H and O–H groups in total. The lowest BCUT2D eigenvalue weighted by molar-refractivity contribution is -0.256. The first-order chi connectivity index (χ1) is 27.8. The molecule has 2 aliphatic carbocycles. The van der Waals surface area contributed by atoms with Crippen molar-refractivity contribution in [3.8, 4) is 23.0 Å². The highest BCUT2D eigenvalue weighted by atomic mass is 16.7. The third-order valence-corrected chi connectivity index (χ3v) is 11.0. The van der Waals surface area contributed by atoms with E-state index in [0.717, 1.165) is 43.1 Å². The number of ether oxygens (including phenoxy) is 6. The summed E-state index contributed by atoms with van der Waals surface area (Å²) in [4.78, 5) is 32.9. The molecule has 2 aromatic carbocycles. The maximum Gasteiger partial charge on any atom is 0.410 e. The number of rotatable bonds is 23. The first-order valence-electron chi connectivity index (χ1n) is 19.9. The first kappa shape index (κ1) is 43.6. The number of nitrogens with zero attached hydrogens (tertiary/aromatic N) is 2. The lowest BCUT2D eigenvalue weighted by Crippen LogP contribution is -2.70. The molecule has 1 saturated carbocycles. The minimum absolute atomic E-state index is 0.00253. The zero-order valence-corrected chi connectivity index (χ0v) is 33.3. The number of unbranched alkanes of at least 4 members (excludes halogenated alkanes) is 2. The van der Waals surface area contributed by atoms with Crippen LogP contribution in [-0.4, -0.2) is 117 Å². The zero-order chi connectivity index (χ0) is 40.8. The fourth-order valence-corrected chi connectivity index (χ4v) is 8.74. The van der Waals surface area contributed by atoms with Gasteiger partial charge < -0.3 is 48.6 Å². The highest BCUT2D eigenvalue weighted by Crippen LogP contribution is 2.62. The van der Waals surface area contributed by atoms with Crippen molar-refractivity contribution in [1.29, 1.82) is 0 Å². The van der Waals surface area contributed by atoms with Crippen LogP contribution >= 0.6 is 0 Å². The summed E-state index contributed by atoms with van der Waals surface area (Å²) in [5.74, 6) is -0.279. The van der Waals surface area contributed by atoms with Gasteiger partial charge >= 0.3 is 6.09 Å². The van der Waals surface area contributed by atoms with Crippen LogP contribution in [0.25, 0.3) is 0 Å². The van der Waals surface area contributed by atoms with Crippen molar-refractivity contribution in [2.75, 3.05) is 67.0 Å². The summed E-state index contributed by atoms with van der Waals surface area (Å²) in [6, 6.07) is 9.87. The van der Waals surface area contributed by atoms with Gasteiger partial charge in [0.1, 0.15) is 36.1 Å². The van der Waals surface area contributed by atoms with E-state index in [1.807, 2.05) is 12.1 Å². The van der Waals surface area contributed by atoms with Gasteiger partial charge in [0, 0.05) is 37.7 Å². The van der Waals surface area contributed by atoms with E-state index in [1.165, 1.54) is 14.2 Å². The van der Waals surface area contributed by atoms with Crippen LogP contribution in [-0.2, 0) is 19.0 Å². The van der Waals surface area contributed by atoms with Crippen LogP contribution in [0, 0.1) is 17.8 Å². The van der Waals surface area contributed by atoms with Gasteiger partial charge in [0.15, 0.2) is 6.29 Å². The number of hydrogen-bond acceptors (Lipinski definition) is 13. The lowest BCUT2D eigenvalue weighted by Gasteiger charge is -2.59. The smallest absolute Gasteiger partial charge is 0.410 e. The molecule has 0 radical (unpaired) electrons. The Morgan fingerprint density at radius 1 is 1.02 bits per heavy atom. The molecule has 1 heterocycles. The average molecular weight is 795 g/mol. The average Bonchev–Trinajstić information content (AvgIpc) is 3.22. The van der Waals surface area contributed by atoms with E-state index in [2.05, 4.69) is 17.8 Å². The van der Waals surface area contributed by atoms with Crippen molar-refractivity contribution in [3.05, 3.63) is 71.8 Å². The fraction of sp³-hybridized carbons (Fsp3) is 0.558. The summed E-state index contributed by atoms with van der Waals surface area (Å²) in [5.41, 5.74) is 2.75. The molecule has 6 atom stereocenters. The Balaban J connectivity index is 1.75. The predicted molar refractivity (Wildman–Crippen MR) is 212 cm³/mol. The molecule has 5 rings (SSSR count). The van der Waals surface area contributed by atoms with Crippen LogP contribution in [0.2, 0.25) is 0 Å². The third-order valence-electron chi connectivity index (χ3n) is 11.0. The molecule has 0 aromatic heterocycles. The zero-order valence-electron chi connectivity index (χ0n) is 33.3. The number of carbonyl (C=O) groups is 2. The Bertz CT molecular complexity index is 1710. The van der Waals surface area contributed by atoms with E-state index >= 15 is 0 Å². The van der Waals surface area contributed by atoms with Crippen molar-refractivity contribution in [2.45, 2.75) is 69.6 Å². The van der Waals surface area contributed by atoms with Crippen molar-refractivity contribution >= 4 is 18.1 Å². The van der Waals surface area contributed by atoms with Gasteiger partial charge in [-0.15, -0.1) is 6.58 Å². The molecule has 0 spiro atoms. The largest absolute Gasteiger partial charge is 0.496 e. The standard InChI is InChI=1S/C43H58N2O12/c1-5-21-55-43-39(45(42(50)54-6-2)17-22-53-23-20-48)27-36(44-52-4)34-25-29(11-7-9-18-46)33(12-8-10-19-47)40(41(34)43)35-26-32(14-16-38(35)57-43)56-31-13-15-37(51-3)30(24-31)28-49/h5,13-16,24-26,28-29,33,39-41,46-48H,1,6-12,17-23,27H2,2-4H3. The summed E-state index contributed by atoms with van der Waals surface area (Å²) >= 11 is 0. The van der Waals surface area contributed by atoms with Gasteiger partial charge in [-0.2, -0.15) is 0 Å². The molecule has 0 bridgehead atoms. The summed E-state index contributed by atoms with van der Waals surface area (Å²) in [6.45, 7) is 6.24. The summed E-state index contributed by atoms with van der Waals surface area (Å²) in [7, 11) is 2.99. The number of benzene rings is 2. The van der Waals surface area contributed by atoms with E-state index in [0.29, 0.717) is 47.1 Å². The van der Waals surface area contributed by atoms with Gasteiger partial charge in [-0.3, -0.25) is 9.69 Å². The molecule has 0 saturated heterocycles. The number of oxime groups is 1. The Morgan fingerprint density at radius 2 is 1.77 bits per heavy atom. The van der Waals surface area contributed by atoms with Gasteiger partial charge in [0.05, 0.1) is 57.3 Å². The molecule has 312 valence electrons. The summed E-state index contributed by atoms with van der Waals surface area (Å²) < 4.78 is 37.1. The molecule has 57 heavy (non-hydrogen) atoms. The molecule has 1 aliphatic heterocycles. The van der Waals surface area contributed by atoms with E-state index in [9.17, 15) is 24.9 Å².